The lowest BCUT2D eigenvalue weighted by molar-refractivity contribution is 0.0697. The number of nitrogens with one attached hydrogen (secondary N) is 1. The Bertz CT molecular complexity index is 729. The second kappa shape index (κ2) is 5.70. The number of carbonyl (C=O) groups is 2. The summed E-state index contributed by atoms with van der Waals surface area (Å²) < 4.78 is 26.6. The summed E-state index contributed by atoms with van der Waals surface area (Å²) in [4.78, 5) is 23.2. The van der Waals surface area contributed by atoms with Crippen molar-refractivity contribution < 1.29 is 23.5 Å². The molecule has 2 N–H and O–H groups in total. The maximum absolute atomic E-state index is 13.5. The summed E-state index contributed by atoms with van der Waals surface area (Å²) in [7, 11) is 0. The van der Waals surface area contributed by atoms with Crippen LogP contribution >= 0.6 is 0 Å². The zero-order valence-electron chi connectivity index (χ0n) is 11.0. The number of carboxylic acids is 1. The molecule has 0 saturated heterocycles. The van der Waals surface area contributed by atoms with Crippen molar-refractivity contribution in [2.24, 2.45) is 0 Å². The van der Waals surface area contributed by atoms with Gasteiger partial charge in [-0.25, -0.2) is 13.6 Å². The molecule has 0 aromatic heterocycles. The van der Waals surface area contributed by atoms with Crippen molar-refractivity contribution in [2.45, 2.75) is 6.92 Å². The van der Waals surface area contributed by atoms with Crippen LogP contribution in [-0.2, 0) is 0 Å². The number of amides is 1. The maximum atomic E-state index is 13.5. The van der Waals surface area contributed by atoms with Gasteiger partial charge in [0.05, 0.1) is 16.8 Å². The van der Waals surface area contributed by atoms with Gasteiger partial charge in [0.1, 0.15) is 0 Å². The lowest BCUT2D eigenvalue weighted by Gasteiger charge is -2.11. The van der Waals surface area contributed by atoms with Crippen molar-refractivity contribution in [3.8, 4) is 0 Å². The minimum atomic E-state index is -1.28. The first-order valence-electron chi connectivity index (χ1n) is 6.00. The van der Waals surface area contributed by atoms with Crippen LogP contribution in [0.15, 0.2) is 36.4 Å². The molecule has 108 valence electrons. The lowest BCUT2D eigenvalue weighted by Crippen LogP contribution is -2.17. The molecule has 0 aliphatic rings. The van der Waals surface area contributed by atoms with Gasteiger partial charge in [-0.15, -0.1) is 0 Å². The summed E-state index contributed by atoms with van der Waals surface area (Å²) in [6.07, 6.45) is 0. The van der Waals surface area contributed by atoms with E-state index in [9.17, 15) is 18.4 Å². The zero-order valence-corrected chi connectivity index (χ0v) is 11.0. The van der Waals surface area contributed by atoms with Crippen molar-refractivity contribution in [2.75, 3.05) is 5.32 Å². The molecular weight excluding hydrogens is 280 g/mol. The Kier molecular flexibility index (Phi) is 3.98. The SMILES string of the molecule is Cc1cccc(NC(=O)c2cccc(F)c2F)c1C(=O)O. The van der Waals surface area contributed by atoms with Crippen LogP contribution in [-0.4, -0.2) is 17.0 Å². The Morgan fingerprint density at radius 2 is 1.76 bits per heavy atom. The van der Waals surface area contributed by atoms with E-state index in [1.807, 2.05) is 0 Å². The first-order chi connectivity index (χ1) is 9.91. The molecule has 0 atom stereocenters. The fraction of sp³-hybridized carbons (Fsp3) is 0.0667. The highest BCUT2D eigenvalue weighted by Crippen LogP contribution is 2.21. The summed E-state index contributed by atoms with van der Waals surface area (Å²) in [6.45, 7) is 1.57. The highest BCUT2D eigenvalue weighted by Gasteiger charge is 2.19. The molecule has 0 unspecified atom stereocenters. The minimum Gasteiger partial charge on any atom is -0.478 e. The lowest BCUT2D eigenvalue weighted by atomic mass is 10.1. The van der Waals surface area contributed by atoms with E-state index in [0.29, 0.717) is 5.56 Å². The standard InChI is InChI=1S/C15H11F2NO3/c1-8-4-2-7-11(12(8)15(20)21)18-14(19)9-5-3-6-10(16)13(9)17/h2-7H,1H3,(H,18,19)(H,20,21). The molecule has 0 radical (unpaired) electrons. The first kappa shape index (κ1) is 14.6. The molecule has 4 nitrogen and oxygen atoms in total. The minimum absolute atomic E-state index is 0.0242. The van der Waals surface area contributed by atoms with E-state index in [4.69, 9.17) is 5.11 Å². The van der Waals surface area contributed by atoms with Crippen molar-refractivity contribution in [3.05, 3.63) is 64.7 Å². The van der Waals surface area contributed by atoms with Crippen LogP contribution in [0.2, 0.25) is 0 Å². The van der Waals surface area contributed by atoms with E-state index in [0.717, 1.165) is 12.1 Å². The molecule has 0 fully saturated rings. The predicted molar refractivity (Wildman–Crippen MR) is 72.4 cm³/mol. The maximum Gasteiger partial charge on any atom is 0.338 e. The van der Waals surface area contributed by atoms with E-state index in [1.54, 1.807) is 19.1 Å². The third-order valence-electron chi connectivity index (χ3n) is 2.93. The molecule has 1 amide bonds. The van der Waals surface area contributed by atoms with Gasteiger partial charge in [-0.05, 0) is 30.7 Å². The van der Waals surface area contributed by atoms with E-state index in [-0.39, 0.29) is 11.3 Å². The molecule has 0 saturated carbocycles. The van der Waals surface area contributed by atoms with Crippen LogP contribution < -0.4 is 5.32 Å². The number of hydrogen-bond acceptors (Lipinski definition) is 2. The van der Waals surface area contributed by atoms with Crippen molar-refractivity contribution in [1.82, 2.24) is 0 Å². The number of aromatic carboxylic acids is 1. The summed E-state index contributed by atoms with van der Waals surface area (Å²) in [5.41, 5.74) is -0.119. The molecule has 0 aliphatic heterocycles. The molecule has 6 heteroatoms. The molecule has 2 rings (SSSR count). The van der Waals surface area contributed by atoms with E-state index < -0.39 is 29.1 Å². The number of benzene rings is 2. The van der Waals surface area contributed by atoms with Crippen LogP contribution in [0.4, 0.5) is 14.5 Å². The number of anilines is 1. The van der Waals surface area contributed by atoms with E-state index >= 15 is 0 Å². The van der Waals surface area contributed by atoms with Crippen molar-refractivity contribution in [1.29, 1.82) is 0 Å². The Morgan fingerprint density at radius 3 is 2.43 bits per heavy atom. The largest absolute Gasteiger partial charge is 0.478 e. The average Bonchev–Trinajstić information content (AvgIpc) is 2.41. The van der Waals surface area contributed by atoms with Crippen LogP contribution in [0.3, 0.4) is 0 Å². The quantitative estimate of drug-likeness (QED) is 0.912. The molecule has 2 aromatic carbocycles. The fourth-order valence-corrected chi connectivity index (χ4v) is 1.92. The molecule has 0 bridgehead atoms. The topological polar surface area (TPSA) is 66.4 Å². The number of carbonyl (C=O) groups excluding carboxylic acids is 1. The first-order valence-corrected chi connectivity index (χ1v) is 6.00. The van der Waals surface area contributed by atoms with Crippen LogP contribution in [0.5, 0.6) is 0 Å². The average molecular weight is 291 g/mol. The summed E-state index contributed by atoms with van der Waals surface area (Å²) in [6, 6.07) is 7.71. The van der Waals surface area contributed by atoms with Gasteiger partial charge in [0.15, 0.2) is 11.6 Å². The Labute approximate surface area is 119 Å². The van der Waals surface area contributed by atoms with Gasteiger partial charge in [0.25, 0.3) is 5.91 Å². The van der Waals surface area contributed by atoms with Gasteiger partial charge < -0.3 is 10.4 Å². The molecule has 0 spiro atoms. The third kappa shape index (κ3) is 2.89. The zero-order chi connectivity index (χ0) is 15.6. The smallest absolute Gasteiger partial charge is 0.338 e. The van der Waals surface area contributed by atoms with Crippen LogP contribution in [0.1, 0.15) is 26.3 Å². The van der Waals surface area contributed by atoms with E-state index in [1.165, 1.54) is 12.1 Å². The van der Waals surface area contributed by atoms with E-state index in [2.05, 4.69) is 5.32 Å². The molecule has 21 heavy (non-hydrogen) atoms. The fourth-order valence-electron chi connectivity index (χ4n) is 1.92. The number of halogens is 2. The second-order valence-corrected chi connectivity index (χ2v) is 4.36. The molecular formula is C15H11F2NO3. The number of carboxylic acid groups (broad SMARTS) is 1. The van der Waals surface area contributed by atoms with Gasteiger partial charge in [-0.1, -0.05) is 18.2 Å². The third-order valence-corrected chi connectivity index (χ3v) is 2.93. The molecule has 0 heterocycles. The van der Waals surface area contributed by atoms with Gasteiger partial charge in [-0.3, -0.25) is 4.79 Å². The van der Waals surface area contributed by atoms with Crippen molar-refractivity contribution >= 4 is 17.6 Å². The van der Waals surface area contributed by atoms with Crippen molar-refractivity contribution in [3.63, 3.8) is 0 Å². The van der Waals surface area contributed by atoms with Crippen LogP contribution in [0.25, 0.3) is 0 Å². The van der Waals surface area contributed by atoms with Gasteiger partial charge >= 0.3 is 5.97 Å². The molecule has 2 aromatic rings. The molecule has 0 aliphatic carbocycles. The number of rotatable bonds is 3. The highest BCUT2D eigenvalue weighted by atomic mass is 19.2. The predicted octanol–water partition coefficient (Wildman–Crippen LogP) is 3.22. The van der Waals surface area contributed by atoms with Gasteiger partial charge in [0, 0.05) is 0 Å². The Morgan fingerprint density at radius 1 is 1.10 bits per heavy atom. The number of aryl methyl sites for hydroxylation is 1. The second-order valence-electron chi connectivity index (χ2n) is 4.36. The Balaban J connectivity index is 2.39. The highest BCUT2D eigenvalue weighted by molar-refractivity contribution is 6.08. The number of hydrogen-bond donors (Lipinski definition) is 2. The monoisotopic (exact) mass is 291 g/mol. The summed E-state index contributed by atoms with van der Waals surface area (Å²) in [5.74, 6) is -4.56. The van der Waals surface area contributed by atoms with Gasteiger partial charge in [-0.2, -0.15) is 0 Å². The normalized spacial score (nSPS) is 10.2. The van der Waals surface area contributed by atoms with Gasteiger partial charge in [0.2, 0.25) is 0 Å². The summed E-state index contributed by atoms with van der Waals surface area (Å²) in [5, 5.41) is 11.4. The van der Waals surface area contributed by atoms with Crippen LogP contribution in [0, 0.1) is 18.6 Å². The Hall–Kier alpha value is -2.76. The summed E-state index contributed by atoms with van der Waals surface area (Å²) >= 11 is 0.